The smallest absolute Gasteiger partial charge is 0.355 e. The van der Waals surface area contributed by atoms with Crippen molar-refractivity contribution >= 4 is 15.7 Å². The Hall–Kier alpha value is -1.57. The van der Waals surface area contributed by atoms with Crippen LogP contribution in [0.5, 0.6) is 0 Å². The highest BCUT2D eigenvalue weighted by molar-refractivity contribution is 7.91. The average molecular weight is 281 g/mol. The number of rotatable bonds is 3. The summed E-state index contributed by atoms with van der Waals surface area (Å²) >= 11 is 0. The number of hydrogen-bond acceptors (Lipinski definition) is 3. The summed E-state index contributed by atoms with van der Waals surface area (Å²) < 4.78 is 58.2. The van der Waals surface area contributed by atoms with Crippen LogP contribution in [-0.2, 0) is 15.6 Å². The number of hydrogen-bond donors (Lipinski definition) is 1. The normalized spacial score (nSPS) is 12.2. The molecule has 0 unspecified atom stereocenters. The maximum Gasteiger partial charge on any atom is 0.497 e. The van der Waals surface area contributed by atoms with Crippen molar-refractivity contribution in [1.29, 1.82) is 0 Å². The van der Waals surface area contributed by atoms with E-state index in [0.717, 1.165) is 0 Å². The first-order valence-corrected chi connectivity index (χ1v) is 6.42. The van der Waals surface area contributed by atoms with Gasteiger partial charge in [-0.25, -0.2) is 8.42 Å². The maximum atomic E-state index is 12.1. The Kier molecular flexibility index (Phi) is 4.00. The molecule has 1 aromatic rings. The zero-order chi connectivity index (χ0) is 14.0. The van der Waals surface area contributed by atoms with Gasteiger partial charge < -0.3 is 5.32 Å². The number of carbonyl (C=O) groups is 1. The summed E-state index contributed by atoms with van der Waals surface area (Å²) in [6.45, 7) is 0. The van der Waals surface area contributed by atoms with Crippen molar-refractivity contribution in [2.24, 2.45) is 0 Å². The molecule has 1 amide bonds. The van der Waals surface area contributed by atoms with Crippen LogP contribution < -0.4 is 5.32 Å². The predicted molar refractivity (Wildman–Crippen MR) is 58.5 cm³/mol. The molecule has 0 saturated heterocycles. The number of alkyl halides is 3. The van der Waals surface area contributed by atoms with E-state index in [9.17, 15) is 26.4 Å². The lowest BCUT2D eigenvalue weighted by molar-refractivity contribution is -0.0437. The third-order valence-electron chi connectivity index (χ3n) is 2.15. The van der Waals surface area contributed by atoms with Crippen molar-refractivity contribution in [2.75, 3.05) is 7.05 Å². The highest BCUT2D eigenvalue weighted by Crippen LogP contribution is 2.26. The van der Waals surface area contributed by atoms with Crippen molar-refractivity contribution in [3.8, 4) is 0 Å². The molecule has 0 spiro atoms. The van der Waals surface area contributed by atoms with E-state index in [0.29, 0.717) is 0 Å². The summed E-state index contributed by atoms with van der Waals surface area (Å²) in [6.07, 6.45) is 0. The van der Waals surface area contributed by atoms with Crippen LogP contribution in [-0.4, -0.2) is 26.9 Å². The van der Waals surface area contributed by atoms with Gasteiger partial charge in [-0.1, -0.05) is 12.1 Å². The summed E-state index contributed by atoms with van der Waals surface area (Å²) in [5, 5.41) is 2.34. The minimum atomic E-state index is -5.27. The van der Waals surface area contributed by atoms with Crippen LogP contribution in [0.4, 0.5) is 13.2 Å². The molecule has 0 radical (unpaired) electrons. The second-order valence-corrected chi connectivity index (χ2v) is 5.46. The van der Waals surface area contributed by atoms with Gasteiger partial charge in [-0.15, -0.1) is 0 Å². The molecule has 1 N–H and O–H groups in total. The van der Waals surface area contributed by atoms with Gasteiger partial charge in [-0.05, 0) is 17.7 Å². The molecule has 4 nitrogen and oxygen atoms in total. The lowest BCUT2D eigenvalue weighted by atomic mass is 10.1. The van der Waals surface area contributed by atoms with Crippen molar-refractivity contribution < 1.29 is 26.4 Å². The lowest BCUT2D eigenvalue weighted by Gasteiger charge is -2.08. The Morgan fingerprint density at radius 2 is 1.72 bits per heavy atom. The zero-order valence-electron chi connectivity index (χ0n) is 9.28. The van der Waals surface area contributed by atoms with Crippen LogP contribution in [0.2, 0.25) is 0 Å². The number of amides is 1. The van der Waals surface area contributed by atoms with E-state index in [2.05, 4.69) is 5.32 Å². The number of benzene rings is 1. The van der Waals surface area contributed by atoms with Gasteiger partial charge in [0.1, 0.15) is 0 Å². The molecule has 18 heavy (non-hydrogen) atoms. The van der Waals surface area contributed by atoms with Crippen LogP contribution in [0.1, 0.15) is 15.9 Å². The summed E-state index contributed by atoms with van der Waals surface area (Å²) in [7, 11) is -3.78. The molecule has 1 rings (SSSR count). The fourth-order valence-corrected chi connectivity index (χ4v) is 1.99. The van der Waals surface area contributed by atoms with Gasteiger partial charge in [0.05, 0.1) is 5.75 Å². The van der Waals surface area contributed by atoms with Crippen molar-refractivity contribution in [3.05, 3.63) is 35.4 Å². The van der Waals surface area contributed by atoms with Crippen molar-refractivity contribution in [2.45, 2.75) is 11.3 Å². The van der Waals surface area contributed by atoms with E-state index in [4.69, 9.17) is 0 Å². The summed E-state index contributed by atoms with van der Waals surface area (Å²) in [4.78, 5) is 11.2. The van der Waals surface area contributed by atoms with E-state index in [1.54, 1.807) is 0 Å². The molecular weight excluding hydrogens is 271 g/mol. The highest BCUT2D eigenvalue weighted by atomic mass is 32.2. The second kappa shape index (κ2) is 4.97. The monoisotopic (exact) mass is 281 g/mol. The van der Waals surface area contributed by atoms with E-state index >= 15 is 0 Å². The fourth-order valence-electron chi connectivity index (χ4n) is 1.20. The van der Waals surface area contributed by atoms with Gasteiger partial charge in [0, 0.05) is 12.6 Å². The van der Waals surface area contributed by atoms with Gasteiger partial charge in [0.2, 0.25) is 0 Å². The predicted octanol–water partition coefficient (Wildman–Crippen LogP) is 1.48. The highest BCUT2D eigenvalue weighted by Gasteiger charge is 2.45. The van der Waals surface area contributed by atoms with Crippen LogP contribution in [0.15, 0.2) is 24.3 Å². The summed E-state index contributed by atoms with van der Waals surface area (Å²) in [5.74, 6) is -1.54. The number of halogens is 3. The van der Waals surface area contributed by atoms with Gasteiger partial charge >= 0.3 is 5.51 Å². The first-order valence-electron chi connectivity index (χ1n) is 4.77. The molecule has 0 heterocycles. The number of sulfone groups is 1. The largest absolute Gasteiger partial charge is 0.497 e. The zero-order valence-corrected chi connectivity index (χ0v) is 10.1. The van der Waals surface area contributed by atoms with Crippen molar-refractivity contribution in [3.63, 3.8) is 0 Å². The third kappa shape index (κ3) is 3.22. The Labute approximate surface area is 102 Å². The first-order chi connectivity index (χ1) is 8.17. The van der Waals surface area contributed by atoms with E-state index < -0.39 is 27.0 Å². The minimum absolute atomic E-state index is 0.0278. The Morgan fingerprint density at radius 1 is 1.22 bits per heavy atom. The van der Waals surface area contributed by atoms with Crippen LogP contribution in [0, 0.1) is 0 Å². The fraction of sp³-hybridized carbons (Fsp3) is 0.300. The van der Waals surface area contributed by atoms with E-state index in [1.165, 1.54) is 31.3 Å². The average Bonchev–Trinajstić information content (AvgIpc) is 2.27. The van der Waals surface area contributed by atoms with Crippen LogP contribution in [0.3, 0.4) is 0 Å². The van der Waals surface area contributed by atoms with Gasteiger partial charge in [-0.2, -0.15) is 13.2 Å². The molecule has 1 aromatic carbocycles. The van der Waals surface area contributed by atoms with Crippen LogP contribution in [0.25, 0.3) is 0 Å². The maximum absolute atomic E-state index is 12.1. The molecule has 0 bridgehead atoms. The second-order valence-electron chi connectivity index (χ2n) is 3.48. The topological polar surface area (TPSA) is 63.2 Å². The van der Waals surface area contributed by atoms with E-state index in [1.807, 2.05) is 0 Å². The summed E-state index contributed by atoms with van der Waals surface area (Å²) in [6, 6.07) is 4.88. The number of nitrogens with one attached hydrogen (secondary N) is 1. The molecule has 0 aliphatic rings. The standard InChI is InChI=1S/C10H10F3NO3S/c1-14-9(15)8-4-2-7(3-5-8)6-18(16,17)10(11,12)13/h2-5H,6H2,1H3,(H,14,15). The number of carbonyl (C=O) groups excluding carboxylic acids is 1. The van der Waals surface area contributed by atoms with Gasteiger partial charge in [0.25, 0.3) is 15.7 Å². The van der Waals surface area contributed by atoms with E-state index in [-0.39, 0.29) is 11.1 Å². The lowest BCUT2D eigenvalue weighted by Crippen LogP contribution is -2.24. The Balaban J connectivity index is 2.92. The van der Waals surface area contributed by atoms with Crippen molar-refractivity contribution in [1.82, 2.24) is 5.32 Å². The minimum Gasteiger partial charge on any atom is -0.355 e. The van der Waals surface area contributed by atoms with Gasteiger partial charge in [-0.3, -0.25) is 4.79 Å². The molecule has 0 aliphatic heterocycles. The Morgan fingerprint density at radius 3 is 2.11 bits per heavy atom. The van der Waals surface area contributed by atoms with Gasteiger partial charge in [0.15, 0.2) is 0 Å². The Bertz CT molecular complexity index is 534. The SMILES string of the molecule is CNC(=O)c1ccc(CS(=O)(=O)C(F)(F)F)cc1. The van der Waals surface area contributed by atoms with Crippen LogP contribution >= 0.6 is 0 Å². The first kappa shape index (κ1) is 14.5. The molecule has 100 valence electrons. The third-order valence-corrected chi connectivity index (χ3v) is 3.57. The molecular formula is C10H10F3NO3S. The molecule has 0 aromatic heterocycles. The quantitative estimate of drug-likeness (QED) is 0.912. The molecule has 8 heteroatoms. The molecule has 0 fully saturated rings. The molecule has 0 aliphatic carbocycles. The summed E-state index contributed by atoms with van der Waals surface area (Å²) in [5.41, 5.74) is -5.06. The molecule has 0 atom stereocenters. The molecule has 0 saturated carbocycles.